The van der Waals surface area contributed by atoms with Crippen LogP contribution in [-0.4, -0.2) is 56.2 Å². The molecule has 1 aromatic carbocycles. The van der Waals surface area contributed by atoms with Gasteiger partial charge in [-0.3, -0.25) is 9.89 Å². The van der Waals surface area contributed by atoms with Crippen LogP contribution in [0.2, 0.25) is 0 Å². The lowest BCUT2D eigenvalue weighted by molar-refractivity contribution is 0.242. The lowest BCUT2D eigenvalue weighted by atomic mass is 10.2. The molecule has 0 spiro atoms. The molecule has 2 aliphatic rings. The van der Waals surface area contributed by atoms with Crippen LogP contribution >= 0.6 is 24.0 Å². The molecule has 5 nitrogen and oxygen atoms in total. The maximum atomic E-state index is 5.76. The Balaban J connectivity index is 0.00000243. The van der Waals surface area contributed by atoms with E-state index < -0.39 is 0 Å². The molecule has 1 aliphatic carbocycles. The summed E-state index contributed by atoms with van der Waals surface area (Å²) in [6.45, 7) is 5.81. The molecule has 3 rings (SSSR count). The molecule has 146 valence electrons. The summed E-state index contributed by atoms with van der Waals surface area (Å²) in [4.78, 5) is 7.02. The van der Waals surface area contributed by atoms with Crippen LogP contribution in [0.15, 0.2) is 29.3 Å². The fourth-order valence-electron chi connectivity index (χ4n) is 3.87. The van der Waals surface area contributed by atoms with Gasteiger partial charge in [-0.1, -0.05) is 30.5 Å². The van der Waals surface area contributed by atoms with Gasteiger partial charge in [-0.05, 0) is 38.3 Å². The maximum absolute atomic E-state index is 5.76. The predicted molar refractivity (Wildman–Crippen MR) is 119 cm³/mol. The summed E-state index contributed by atoms with van der Waals surface area (Å²) in [6.07, 6.45) is 6.79. The van der Waals surface area contributed by atoms with Gasteiger partial charge in [-0.2, -0.15) is 0 Å². The molecule has 6 heteroatoms. The second-order valence-electron chi connectivity index (χ2n) is 7.22. The number of halogens is 1. The number of likely N-dealkylation sites (tertiary alicyclic amines) is 1. The van der Waals surface area contributed by atoms with Crippen LogP contribution in [0.4, 0.5) is 0 Å². The number of aliphatic imine (C=N–C) groups is 1. The van der Waals surface area contributed by atoms with Gasteiger partial charge in [-0.15, -0.1) is 24.0 Å². The number of rotatable bonds is 6. The van der Waals surface area contributed by atoms with Crippen molar-refractivity contribution in [3.8, 4) is 5.75 Å². The smallest absolute Gasteiger partial charge is 0.191 e. The van der Waals surface area contributed by atoms with Crippen LogP contribution in [0.25, 0.3) is 0 Å². The summed E-state index contributed by atoms with van der Waals surface area (Å²) in [6, 6.07) is 9.49. The number of aryl methyl sites for hydroxylation is 1. The van der Waals surface area contributed by atoms with E-state index in [1.165, 1.54) is 44.2 Å². The van der Waals surface area contributed by atoms with Gasteiger partial charge in [0.1, 0.15) is 12.4 Å². The van der Waals surface area contributed by atoms with Crippen molar-refractivity contribution in [1.29, 1.82) is 0 Å². The molecule has 2 fully saturated rings. The van der Waals surface area contributed by atoms with E-state index in [1.807, 2.05) is 19.2 Å². The topological polar surface area (TPSA) is 48.9 Å². The summed E-state index contributed by atoms with van der Waals surface area (Å²) in [5, 5.41) is 6.92. The maximum Gasteiger partial charge on any atom is 0.191 e. The normalized spacial score (nSPS) is 21.5. The zero-order valence-corrected chi connectivity index (χ0v) is 18.4. The fourth-order valence-corrected chi connectivity index (χ4v) is 3.87. The van der Waals surface area contributed by atoms with Crippen molar-refractivity contribution < 1.29 is 4.74 Å². The van der Waals surface area contributed by atoms with Gasteiger partial charge >= 0.3 is 0 Å². The average molecular weight is 472 g/mol. The summed E-state index contributed by atoms with van der Waals surface area (Å²) in [5.41, 5.74) is 1.25. The molecular weight excluding hydrogens is 439 g/mol. The molecule has 1 saturated heterocycles. The third kappa shape index (κ3) is 6.30. The number of nitrogens with zero attached hydrogens (tertiary/aromatic N) is 2. The molecule has 1 aromatic rings. The molecule has 26 heavy (non-hydrogen) atoms. The SMILES string of the molecule is CN=C(NCCOc1ccc(C)cc1)NC1CCN(C2CCCC2)C1.I. The first kappa shape index (κ1) is 21.3. The third-order valence-corrected chi connectivity index (χ3v) is 5.31. The van der Waals surface area contributed by atoms with Crippen molar-refractivity contribution >= 4 is 29.9 Å². The highest BCUT2D eigenvalue weighted by Crippen LogP contribution is 2.26. The summed E-state index contributed by atoms with van der Waals surface area (Å²) in [7, 11) is 1.83. The highest BCUT2D eigenvalue weighted by Gasteiger charge is 2.30. The minimum absolute atomic E-state index is 0. The summed E-state index contributed by atoms with van der Waals surface area (Å²) < 4.78 is 5.76. The standard InChI is InChI=1S/C20H32N4O.HI/c1-16-7-9-19(10-8-16)25-14-12-22-20(21-2)23-17-11-13-24(15-17)18-5-3-4-6-18;/h7-10,17-18H,3-6,11-15H2,1-2H3,(H2,21,22,23);1H. The van der Waals surface area contributed by atoms with Crippen molar-refractivity contribution in [2.75, 3.05) is 33.3 Å². The third-order valence-electron chi connectivity index (χ3n) is 5.31. The van der Waals surface area contributed by atoms with E-state index in [2.05, 4.69) is 39.6 Å². The Morgan fingerprint density at radius 1 is 1.19 bits per heavy atom. The van der Waals surface area contributed by atoms with Crippen LogP contribution in [0, 0.1) is 6.92 Å². The van der Waals surface area contributed by atoms with Gasteiger partial charge in [0, 0.05) is 32.2 Å². The Morgan fingerprint density at radius 2 is 1.92 bits per heavy atom. The van der Waals surface area contributed by atoms with Gasteiger partial charge < -0.3 is 15.4 Å². The van der Waals surface area contributed by atoms with Crippen molar-refractivity contribution in [3.63, 3.8) is 0 Å². The molecule has 0 aromatic heterocycles. The second kappa shape index (κ2) is 11.0. The van der Waals surface area contributed by atoms with E-state index in [9.17, 15) is 0 Å². The monoisotopic (exact) mass is 472 g/mol. The molecular formula is C20H33IN4O. The predicted octanol–water partition coefficient (Wildman–Crippen LogP) is 3.17. The molecule has 1 aliphatic heterocycles. The zero-order chi connectivity index (χ0) is 17.5. The van der Waals surface area contributed by atoms with Gasteiger partial charge in [0.05, 0.1) is 6.54 Å². The van der Waals surface area contributed by atoms with Crippen molar-refractivity contribution in [3.05, 3.63) is 29.8 Å². The Hall–Kier alpha value is -1.02. The molecule has 0 bridgehead atoms. The van der Waals surface area contributed by atoms with E-state index in [0.29, 0.717) is 12.6 Å². The van der Waals surface area contributed by atoms with E-state index in [1.54, 1.807) is 0 Å². The Bertz CT molecular complexity index is 557. The fraction of sp³-hybridized carbons (Fsp3) is 0.650. The highest BCUT2D eigenvalue weighted by molar-refractivity contribution is 14.0. The number of benzene rings is 1. The second-order valence-corrected chi connectivity index (χ2v) is 7.22. The van der Waals surface area contributed by atoms with Crippen molar-refractivity contribution in [2.24, 2.45) is 4.99 Å². The lowest BCUT2D eigenvalue weighted by Gasteiger charge is -2.24. The average Bonchev–Trinajstić information content (AvgIpc) is 3.30. The van der Waals surface area contributed by atoms with Crippen LogP contribution in [-0.2, 0) is 0 Å². The van der Waals surface area contributed by atoms with Crippen molar-refractivity contribution in [1.82, 2.24) is 15.5 Å². The summed E-state index contributed by atoms with van der Waals surface area (Å²) >= 11 is 0. The Kier molecular flexibility index (Phi) is 8.98. The summed E-state index contributed by atoms with van der Waals surface area (Å²) in [5.74, 6) is 1.80. The first-order valence-corrected chi connectivity index (χ1v) is 9.65. The number of hydrogen-bond donors (Lipinski definition) is 2. The lowest BCUT2D eigenvalue weighted by Crippen LogP contribution is -2.46. The molecule has 2 N–H and O–H groups in total. The quantitative estimate of drug-likeness (QED) is 0.289. The molecule has 1 unspecified atom stereocenters. The van der Waals surface area contributed by atoms with Gasteiger partial charge in [0.25, 0.3) is 0 Å². The Labute approximate surface area is 175 Å². The Morgan fingerprint density at radius 3 is 2.62 bits per heavy atom. The van der Waals surface area contributed by atoms with Crippen molar-refractivity contribution in [2.45, 2.75) is 51.1 Å². The first-order valence-electron chi connectivity index (χ1n) is 9.65. The number of hydrogen-bond acceptors (Lipinski definition) is 3. The highest BCUT2D eigenvalue weighted by atomic mass is 127. The number of ether oxygens (including phenoxy) is 1. The minimum Gasteiger partial charge on any atom is -0.492 e. The largest absolute Gasteiger partial charge is 0.492 e. The van der Waals surface area contributed by atoms with Crippen LogP contribution in [0.3, 0.4) is 0 Å². The van der Waals surface area contributed by atoms with Crippen LogP contribution in [0.5, 0.6) is 5.75 Å². The van der Waals surface area contributed by atoms with E-state index in [-0.39, 0.29) is 24.0 Å². The van der Waals surface area contributed by atoms with Gasteiger partial charge in [0.2, 0.25) is 0 Å². The number of nitrogens with one attached hydrogen (secondary N) is 2. The van der Waals surface area contributed by atoms with E-state index in [0.717, 1.165) is 30.8 Å². The van der Waals surface area contributed by atoms with Gasteiger partial charge in [0.15, 0.2) is 5.96 Å². The van der Waals surface area contributed by atoms with E-state index >= 15 is 0 Å². The molecule has 1 saturated carbocycles. The zero-order valence-electron chi connectivity index (χ0n) is 16.0. The van der Waals surface area contributed by atoms with Gasteiger partial charge in [-0.25, -0.2) is 0 Å². The molecule has 1 heterocycles. The minimum atomic E-state index is 0. The van der Waals surface area contributed by atoms with Crippen LogP contribution < -0.4 is 15.4 Å². The van der Waals surface area contributed by atoms with Crippen LogP contribution in [0.1, 0.15) is 37.7 Å². The molecule has 0 amide bonds. The molecule has 1 atom stereocenters. The molecule has 0 radical (unpaired) electrons. The first-order chi connectivity index (χ1) is 12.2. The van der Waals surface area contributed by atoms with E-state index in [4.69, 9.17) is 4.74 Å². The number of guanidine groups is 1.